The molecule has 8 nitrogen and oxygen atoms in total. The summed E-state index contributed by atoms with van der Waals surface area (Å²) in [4.78, 5) is 22.1. The topological polar surface area (TPSA) is 71.2 Å². The van der Waals surface area contributed by atoms with Crippen LogP contribution < -0.4 is 5.32 Å². The fraction of sp³-hybridized carbons (Fsp3) is 0.667. The molecular weight excluding hydrogens is 366 g/mol. The van der Waals surface area contributed by atoms with E-state index in [0.29, 0.717) is 12.5 Å². The molecule has 0 bridgehead atoms. The predicted molar refractivity (Wildman–Crippen MR) is 113 cm³/mol. The van der Waals surface area contributed by atoms with Crippen molar-refractivity contribution in [3.63, 3.8) is 0 Å². The fourth-order valence-corrected chi connectivity index (χ4v) is 4.61. The molecule has 1 amide bonds. The number of aromatic nitrogens is 4. The molecule has 2 aliphatic rings. The summed E-state index contributed by atoms with van der Waals surface area (Å²) in [6.07, 6.45) is 4.86. The Morgan fingerprint density at radius 1 is 1.24 bits per heavy atom. The molecule has 0 radical (unpaired) electrons. The van der Waals surface area contributed by atoms with Crippen LogP contribution in [0.5, 0.6) is 0 Å². The number of rotatable bonds is 6. The molecule has 4 heterocycles. The van der Waals surface area contributed by atoms with E-state index in [0.717, 1.165) is 70.2 Å². The van der Waals surface area contributed by atoms with Gasteiger partial charge in [0.25, 0.3) is 0 Å². The molecule has 2 aliphatic heterocycles. The molecule has 0 aliphatic carbocycles. The van der Waals surface area contributed by atoms with Crippen LogP contribution >= 0.6 is 0 Å². The second-order valence-corrected chi connectivity index (χ2v) is 8.42. The number of nitrogens with zero attached hydrogens (tertiary/aromatic N) is 6. The molecule has 0 saturated carbocycles. The maximum atomic E-state index is 12.5. The third-order valence-corrected chi connectivity index (χ3v) is 6.18. The van der Waals surface area contributed by atoms with Gasteiger partial charge in [-0.3, -0.25) is 14.6 Å². The van der Waals surface area contributed by atoms with Crippen LogP contribution in [0.1, 0.15) is 49.3 Å². The second-order valence-electron chi connectivity index (χ2n) is 8.42. The van der Waals surface area contributed by atoms with Crippen molar-refractivity contribution >= 4 is 11.7 Å². The number of likely N-dealkylation sites (N-methyl/N-ethyl adjacent to an activating group) is 1. The van der Waals surface area contributed by atoms with Gasteiger partial charge in [0, 0.05) is 38.2 Å². The van der Waals surface area contributed by atoms with Gasteiger partial charge in [0.05, 0.1) is 24.1 Å². The van der Waals surface area contributed by atoms with E-state index in [1.54, 1.807) is 6.20 Å². The van der Waals surface area contributed by atoms with Crippen molar-refractivity contribution < 1.29 is 4.79 Å². The van der Waals surface area contributed by atoms with Crippen LogP contribution in [0, 0.1) is 6.92 Å². The number of amides is 1. The van der Waals surface area contributed by atoms with Gasteiger partial charge in [0.15, 0.2) is 0 Å². The third-order valence-electron chi connectivity index (χ3n) is 6.18. The Morgan fingerprint density at radius 3 is 2.79 bits per heavy atom. The SMILES string of the molecule is CCCn1nccc1NC(=O)CN1CCC(c2nc(C)n3c2CN(C)CC3)CC1. The molecule has 2 aromatic rings. The summed E-state index contributed by atoms with van der Waals surface area (Å²) in [5.74, 6) is 2.48. The zero-order valence-corrected chi connectivity index (χ0v) is 17.9. The molecule has 0 aromatic carbocycles. The van der Waals surface area contributed by atoms with Gasteiger partial charge >= 0.3 is 0 Å². The summed E-state index contributed by atoms with van der Waals surface area (Å²) in [5, 5.41) is 7.28. The van der Waals surface area contributed by atoms with Crippen molar-refractivity contribution in [2.75, 3.05) is 38.5 Å². The number of hydrogen-bond acceptors (Lipinski definition) is 5. The summed E-state index contributed by atoms with van der Waals surface area (Å²) in [6.45, 7) is 10.5. The Morgan fingerprint density at radius 2 is 2.03 bits per heavy atom. The lowest BCUT2D eigenvalue weighted by Crippen LogP contribution is -2.39. The number of likely N-dealkylation sites (tertiary alicyclic amines) is 1. The van der Waals surface area contributed by atoms with E-state index in [4.69, 9.17) is 4.98 Å². The third kappa shape index (κ3) is 4.38. The van der Waals surface area contributed by atoms with Crippen molar-refractivity contribution in [2.24, 2.45) is 0 Å². The van der Waals surface area contributed by atoms with Gasteiger partial charge < -0.3 is 9.88 Å². The van der Waals surface area contributed by atoms with Gasteiger partial charge in [0.1, 0.15) is 11.6 Å². The molecule has 4 rings (SSSR count). The lowest BCUT2D eigenvalue weighted by molar-refractivity contribution is -0.117. The first-order chi connectivity index (χ1) is 14.0. The smallest absolute Gasteiger partial charge is 0.239 e. The number of carbonyl (C=O) groups is 1. The van der Waals surface area contributed by atoms with Gasteiger partial charge in [-0.1, -0.05) is 6.92 Å². The normalized spacial score (nSPS) is 18.7. The quantitative estimate of drug-likeness (QED) is 0.805. The molecule has 1 N–H and O–H groups in total. The van der Waals surface area contributed by atoms with Crippen LogP contribution in [0.25, 0.3) is 0 Å². The number of carbonyl (C=O) groups excluding carboxylic acids is 1. The van der Waals surface area contributed by atoms with Crippen molar-refractivity contribution in [1.82, 2.24) is 29.1 Å². The number of piperidine rings is 1. The molecule has 1 fully saturated rings. The Hall–Kier alpha value is -2.19. The number of nitrogens with one attached hydrogen (secondary N) is 1. The molecule has 0 atom stereocenters. The van der Waals surface area contributed by atoms with Gasteiger partial charge in [-0.2, -0.15) is 5.10 Å². The molecule has 2 aromatic heterocycles. The molecule has 0 spiro atoms. The van der Waals surface area contributed by atoms with Gasteiger partial charge in [-0.05, 0) is 46.3 Å². The van der Waals surface area contributed by atoms with Crippen LogP contribution in [0.2, 0.25) is 0 Å². The van der Waals surface area contributed by atoms with Crippen molar-refractivity contribution in [1.29, 1.82) is 0 Å². The van der Waals surface area contributed by atoms with Crippen molar-refractivity contribution in [3.05, 3.63) is 29.5 Å². The molecular formula is C21H33N7O. The molecule has 158 valence electrons. The van der Waals surface area contributed by atoms with Crippen LogP contribution in [0.3, 0.4) is 0 Å². The Labute approximate surface area is 172 Å². The molecule has 0 unspecified atom stereocenters. The first-order valence-corrected chi connectivity index (χ1v) is 10.8. The summed E-state index contributed by atoms with van der Waals surface area (Å²) >= 11 is 0. The standard InChI is InChI=1S/C21H33N7O/c1-4-9-28-19(5-8-22-28)24-20(29)15-26-10-6-17(7-11-26)21-18-14-25(3)12-13-27(18)16(2)23-21/h5,8,17H,4,6-7,9-15H2,1-3H3,(H,24,29). The minimum absolute atomic E-state index is 0.0399. The lowest BCUT2D eigenvalue weighted by Gasteiger charge is -2.32. The summed E-state index contributed by atoms with van der Waals surface area (Å²) < 4.78 is 4.25. The van der Waals surface area contributed by atoms with Gasteiger partial charge in [-0.15, -0.1) is 0 Å². The van der Waals surface area contributed by atoms with Crippen molar-refractivity contribution in [3.8, 4) is 0 Å². The van der Waals surface area contributed by atoms with E-state index in [1.807, 2.05) is 10.7 Å². The van der Waals surface area contributed by atoms with Crippen LogP contribution in [0.15, 0.2) is 12.3 Å². The number of anilines is 1. The average Bonchev–Trinajstić information content (AvgIpc) is 3.27. The maximum Gasteiger partial charge on any atom is 0.239 e. The maximum absolute atomic E-state index is 12.5. The van der Waals surface area contributed by atoms with E-state index in [9.17, 15) is 4.79 Å². The summed E-state index contributed by atoms with van der Waals surface area (Å²) in [6, 6.07) is 1.86. The number of aryl methyl sites for hydroxylation is 2. The highest BCUT2D eigenvalue weighted by molar-refractivity contribution is 5.91. The zero-order chi connectivity index (χ0) is 20.4. The molecule has 29 heavy (non-hydrogen) atoms. The fourth-order valence-electron chi connectivity index (χ4n) is 4.61. The van der Waals surface area contributed by atoms with Gasteiger partial charge in [-0.25, -0.2) is 9.67 Å². The highest BCUT2D eigenvalue weighted by Gasteiger charge is 2.29. The van der Waals surface area contributed by atoms with E-state index < -0.39 is 0 Å². The number of imidazole rings is 1. The monoisotopic (exact) mass is 399 g/mol. The summed E-state index contributed by atoms with van der Waals surface area (Å²) in [7, 11) is 2.18. The van der Waals surface area contributed by atoms with E-state index >= 15 is 0 Å². The largest absolute Gasteiger partial charge is 0.329 e. The Kier molecular flexibility index (Phi) is 6.01. The average molecular weight is 400 g/mol. The minimum Gasteiger partial charge on any atom is -0.329 e. The van der Waals surface area contributed by atoms with Crippen LogP contribution in [-0.2, 0) is 24.4 Å². The van der Waals surface area contributed by atoms with E-state index in [-0.39, 0.29) is 5.91 Å². The summed E-state index contributed by atoms with van der Waals surface area (Å²) in [5.41, 5.74) is 2.69. The second kappa shape index (κ2) is 8.67. The first kappa shape index (κ1) is 20.1. The molecule has 8 heteroatoms. The highest BCUT2D eigenvalue weighted by Crippen LogP contribution is 2.32. The Bertz CT molecular complexity index is 847. The minimum atomic E-state index is 0.0399. The number of fused-ring (bicyclic) bond motifs is 1. The zero-order valence-electron chi connectivity index (χ0n) is 17.9. The van der Waals surface area contributed by atoms with Crippen LogP contribution in [0.4, 0.5) is 5.82 Å². The van der Waals surface area contributed by atoms with Crippen molar-refractivity contribution in [2.45, 2.75) is 58.7 Å². The predicted octanol–water partition coefficient (Wildman–Crippen LogP) is 2.06. The van der Waals surface area contributed by atoms with E-state index in [2.05, 4.69) is 45.7 Å². The van der Waals surface area contributed by atoms with E-state index in [1.165, 1.54) is 11.4 Å². The molecule has 1 saturated heterocycles. The Balaban J connectivity index is 1.32. The van der Waals surface area contributed by atoms with Crippen LogP contribution in [-0.4, -0.2) is 68.3 Å². The lowest BCUT2D eigenvalue weighted by atomic mass is 9.92. The van der Waals surface area contributed by atoms with Gasteiger partial charge in [0.2, 0.25) is 5.91 Å². The highest BCUT2D eigenvalue weighted by atomic mass is 16.2. The number of hydrogen-bond donors (Lipinski definition) is 1. The first-order valence-electron chi connectivity index (χ1n) is 10.8.